The summed E-state index contributed by atoms with van der Waals surface area (Å²) in [4.78, 5) is 12.0. The van der Waals surface area contributed by atoms with E-state index in [2.05, 4.69) is 37.8 Å². The van der Waals surface area contributed by atoms with Crippen molar-refractivity contribution in [2.24, 2.45) is 5.92 Å². The van der Waals surface area contributed by atoms with Gasteiger partial charge in [0.05, 0.1) is 6.61 Å². The van der Waals surface area contributed by atoms with Gasteiger partial charge in [-0.25, -0.2) is 4.79 Å². The lowest BCUT2D eigenvalue weighted by molar-refractivity contribution is -0.130. The predicted octanol–water partition coefficient (Wildman–Crippen LogP) is 5.62. The standard InChI is InChI=1S/C24H28O3/c1-16(2)24(26)27-23-14-18(15-25)6-13-22(23)21-11-9-20(10-12-21)19-7-4-17(3)5-8-19/h6,9-14,17,19,25H,1,4-5,7-8,15H2,2-3H3. The molecule has 0 aliphatic heterocycles. The molecule has 27 heavy (non-hydrogen) atoms. The SMILES string of the molecule is C=C(C)C(=O)Oc1cc(CO)ccc1-c1ccc(C2CCC(C)CC2)cc1. The Balaban J connectivity index is 1.86. The predicted molar refractivity (Wildman–Crippen MR) is 109 cm³/mol. The Morgan fingerprint density at radius 1 is 1.11 bits per heavy atom. The second kappa shape index (κ2) is 8.53. The third kappa shape index (κ3) is 4.67. The average Bonchev–Trinajstić information content (AvgIpc) is 2.68. The van der Waals surface area contributed by atoms with E-state index in [1.165, 1.54) is 31.2 Å². The van der Waals surface area contributed by atoms with Gasteiger partial charge >= 0.3 is 5.97 Å². The molecule has 2 aromatic carbocycles. The third-order valence-corrected chi connectivity index (χ3v) is 5.49. The number of aliphatic hydroxyl groups is 1. The first kappa shape index (κ1) is 19.4. The molecule has 0 radical (unpaired) electrons. The van der Waals surface area contributed by atoms with Crippen molar-refractivity contribution in [3.8, 4) is 16.9 Å². The van der Waals surface area contributed by atoms with Gasteiger partial charge in [-0.1, -0.05) is 62.7 Å². The van der Waals surface area contributed by atoms with Crippen LogP contribution in [0.2, 0.25) is 0 Å². The van der Waals surface area contributed by atoms with Gasteiger partial charge in [-0.15, -0.1) is 0 Å². The van der Waals surface area contributed by atoms with Crippen molar-refractivity contribution in [2.45, 2.75) is 52.1 Å². The Labute approximate surface area is 161 Å². The van der Waals surface area contributed by atoms with Crippen LogP contribution in [0.1, 0.15) is 56.6 Å². The van der Waals surface area contributed by atoms with E-state index in [-0.39, 0.29) is 6.61 Å². The minimum Gasteiger partial charge on any atom is -0.423 e. The number of hydrogen-bond acceptors (Lipinski definition) is 3. The largest absolute Gasteiger partial charge is 0.423 e. The number of aliphatic hydroxyl groups excluding tert-OH is 1. The van der Waals surface area contributed by atoms with Crippen LogP contribution in [-0.2, 0) is 11.4 Å². The van der Waals surface area contributed by atoms with E-state index >= 15 is 0 Å². The monoisotopic (exact) mass is 364 g/mol. The fourth-order valence-corrected chi connectivity index (χ4v) is 3.70. The number of carbonyl (C=O) groups excluding carboxylic acids is 1. The van der Waals surface area contributed by atoms with Crippen molar-refractivity contribution in [3.63, 3.8) is 0 Å². The second-order valence-electron chi connectivity index (χ2n) is 7.74. The highest BCUT2D eigenvalue weighted by Crippen LogP contribution is 2.37. The highest BCUT2D eigenvalue weighted by atomic mass is 16.5. The Hall–Kier alpha value is -2.39. The summed E-state index contributed by atoms with van der Waals surface area (Å²) in [6, 6.07) is 14.0. The van der Waals surface area contributed by atoms with Gasteiger partial charge in [0.2, 0.25) is 0 Å². The van der Waals surface area contributed by atoms with E-state index in [1.54, 1.807) is 13.0 Å². The summed E-state index contributed by atoms with van der Waals surface area (Å²) in [5, 5.41) is 9.41. The molecule has 2 aromatic rings. The Morgan fingerprint density at radius 2 is 1.78 bits per heavy atom. The molecule has 3 nitrogen and oxygen atoms in total. The van der Waals surface area contributed by atoms with Crippen molar-refractivity contribution < 1.29 is 14.6 Å². The molecule has 1 N–H and O–H groups in total. The number of rotatable bonds is 5. The maximum atomic E-state index is 12.0. The maximum Gasteiger partial charge on any atom is 0.338 e. The zero-order valence-electron chi connectivity index (χ0n) is 16.2. The summed E-state index contributed by atoms with van der Waals surface area (Å²) in [7, 11) is 0. The van der Waals surface area contributed by atoms with Crippen LogP contribution in [0.4, 0.5) is 0 Å². The average molecular weight is 364 g/mol. The Bertz CT molecular complexity index is 812. The quantitative estimate of drug-likeness (QED) is 0.425. The molecule has 0 heterocycles. The molecule has 0 amide bonds. The van der Waals surface area contributed by atoms with Gasteiger partial charge in [-0.2, -0.15) is 0 Å². The van der Waals surface area contributed by atoms with Gasteiger partial charge in [0.15, 0.2) is 0 Å². The zero-order chi connectivity index (χ0) is 19.4. The van der Waals surface area contributed by atoms with Crippen LogP contribution in [0.25, 0.3) is 11.1 Å². The van der Waals surface area contributed by atoms with E-state index in [4.69, 9.17) is 4.74 Å². The number of hydrogen-bond donors (Lipinski definition) is 1. The molecule has 3 heteroatoms. The Kier molecular flexibility index (Phi) is 6.12. The van der Waals surface area contributed by atoms with E-state index in [0.717, 1.165) is 17.0 Å². The highest BCUT2D eigenvalue weighted by molar-refractivity contribution is 5.90. The van der Waals surface area contributed by atoms with Crippen LogP contribution in [0.5, 0.6) is 5.75 Å². The summed E-state index contributed by atoms with van der Waals surface area (Å²) < 4.78 is 5.51. The first-order valence-electron chi connectivity index (χ1n) is 9.69. The minimum atomic E-state index is -0.459. The van der Waals surface area contributed by atoms with Crippen molar-refractivity contribution in [1.29, 1.82) is 0 Å². The lowest BCUT2D eigenvalue weighted by atomic mass is 9.79. The number of benzene rings is 2. The number of ether oxygens (including phenoxy) is 1. The number of carbonyl (C=O) groups is 1. The van der Waals surface area contributed by atoms with Crippen LogP contribution in [0.3, 0.4) is 0 Å². The van der Waals surface area contributed by atoms with Gasteiger partial charge in [-0.3, -0.25) is 0 Å². The highest BCUT2D eigenvalue weighted by Gasteiger charge is 2.20. The minimum absolute atomic E-state index is 0.100. The summed E-state index contributed by atoms with van der Waals surface area (Å²) in [5.74, 6) is 1.48. The molecule has 0 spiro atoms. The van der Waals surface area contributed by atoms with Gasteiger partial charge in [0.1, 0.15) is 5.75 Å². The molecular weight excluding hydrogens is 336 g/mol. The molecule has 1 fully saturated rings. The van der Waals surface area contributed by atoms with Crippen molar-refractivity contribution in [3.05, 3.63) is 65.7 Å². The second-order valence-corrected chi connectivity index (χ2v) is 7.74. The molecular formula is C24H28O3. The molecule has 3 rings (SSSR count). The molecule has 142 valence electrons. The molecule has 1 saturated carbocycles. The zero-order valence-corrected chi connectivity index (χ0v) is 16.2. The van der Waals surface area contributed by atoms with E-state index in [1.807, 2.05) is 12.1 Å². The molecule has 0 atom stereocenters. The summed E-state index contributed by atoms with van der Waals surface area (Å²) in [6.45, 7) is 7.50. The molecule has 1 aliphatic rings. The van der Waals surface area contributed by atoms with Gasteiger partial charge in [0.25, 0.3) is 0 Å². The lowest BCUT2D eigenvalue weighted by Gasteiger charge is -2.26. The van der Waals surface area contributed by atoms with Crippen molar-refractivity contribution in [1.82, 2.24) is 0 Å². The van der Waals surface area contributed by atoms with Crippen molar-refractivity contribution >= 4 is 5.97 Å². The van der Waals surface area contributed by atoms with Crippen molar-refractivity contribution in [2.75, 3.05) is 0 Å². The normalized spacial score (nSPS) is 19.5. The fraction of sp³-hybridized carbons (Fsp3) is 0.375. The lowest BCUT2D eigenvalue weighted by Crippen LogP contribution is -2.10. The van der Waals surface area contributed by atoms with Crippen LogP contribution >= 0.6 is 0 Å². The summed E-state index contributed by atoms with van der Waals surface area (Å²) >= 11 is 0. The van der Waals surface area contributed by atoms with E-state index < -0.39 is 5.97 Å². The van der Waals surface area contributed by atoms with Gasteiger partial charge in [0, 0.05) is 11.1 Å². The summed E-state index contributed by atoms with van der Waals surface area (Å²) in [5.41, 5.74) is 4.27. The van der Waals surface area contributed by atoms with Crippen LogP contribution < -0.4 is 4.74 Å². The third-order valence-electron chi connectivity index (χ3n) is 5.49. The van der Waals surface area contributed by atoms with E-state index in [0.29, 0.717) is 22.8 Å². The smallest absolute Gasteiger partial charge is 0.338 e. The molecule has 0 aromatic heterocycles. The molecule has 0 unspecified atom stereocenters. The molecule has 0 saturated heterocycles. The first-order valence-corrected chi connectivity index (χ1v) is 9.69. The van der Waals surface area contributed by atoms with Crippen LogP contribution in [0.15, 0.2) is 54.6 Å². The van der Waals surface area contributed by atoms with Gasteiger partial charge in [-0.05, 0) is 54.4 Å². The number of esters is 1. The van der Waals surface area contributed by atoms with Gasteiger partial charge < -0.3 is 9.84 Å². The van der Waals surface area contributed by atoms with Crippen LogP contribution in [-0.4, -0.2) is 11.1 Å². The Morgan fingerprint density at radius 3 is 2.37 bits per heavy atom. The molecule has 0 bridgehead atoms. The molecule has 1 aliphatic carbocycles. The fourth-order valence-electron chi connectivity index (χ4n) is 3.70. The topological polar surface area (TPSA) is 46.5 Å². The maximum absolute atomic E-state index is 12.0. The van der Waals surface area contributed by atoms with E-state index in [9.17, 15) is 9.90 Å². The van der Waals surface area contributed by atoms with Crippen LogP contribution in [0, 0.1) is 5.92 Å². The summed E-state index contributed by atoms with van der Waals surface area (Å²) in [6.07, 6.45) is 5.12. The first-order chi connectivity index (χ1) is 13.0.